The molecule has 57 heavy (non-hydrogen) atoms. The molecule has 0 unspecified atom stereocenters. The Morgan fingerprint density at radius 1 is 0.368 bits per heavy atom. The number of nitrogens with zero attached hydrogens (tertiary/aromatic N) is 5. The molecular formula is C52H33N5. The van der Waals surface area contributed by atoms with E-state index in [0.717, 1.165) is 100 Å². The van der Waals surface area contributed by atoms with Gasteiger partial charge < -0.3 is 4.57 Å². The normalized spacial score (nSPS) is 11.5. The van der Waals surface area contributed by atoms with E-state index >= 15 is 0 Å². The van der Waals surface area contributed by atoms with Gasteiger partial charge in [0.1, 0.15) is 0 Å². The maximum Gasteiger partial charge on any atom is 0.0914 e. The molecule has 0 radical (unpaired) electrons. The van der Waals surface area contributed by atoms with E-state index < -0.39 is 0 Å². The van der Waals surface area contributed by atoms with Crippen molar-refractivity contribution < 1.29 is 0 Å². The lowest BCUT2D eigenvalue weighted by Crippen LogP contribution is -2.00. The topological polar surface area (TPSA) is 56.5 Å². The predicted molar refractivity (Wildman–Crippen MR) is 234 cm³/mol. The molecule has 5 heterocycles. The first-order chi connectivity index (χ1) is 28.3. The fourth-order valence-corrected chi connectivity index (χ4v) is 8.19. The van der Waals surface area contributed by atoms with E-state index in [1.165, 1.54) is 5.39 Å². The summed E-state index contributed by atoms with van der Waals surface area (Å²) in [7, 11) is 0. The van der Waals surface area contributed by atoms with Gasteiger partial charge in [0.2, 0.25) is 0 Å². The Kier molecular flexibility index (Phi) is 7.74. The molecular weight excluding hydrogens is 695 g/mol. The number of para-hydroxylation sites is 2. The average molecular weight is 728 g/mol. The van der Waals surface area contributed by atoms with E-state index in [-0.39, 0.29) is 0 Å². The van der Waals surface area contributed by atoms with Crippen molar-refractivity contribution >= 4 is 43.5 Å². The van der Waals surface area contributed by atoms with Crippen LogP contribution in [0.1, 0.15) is 0 Å². The molecule has 11 aromatic rings. The molecule has 0 fully saturated rings. The van der Waals surface area contributed by atoms with E-state index in [2.05, 4.69) is 173 Å². The van der Waals surface area contributed by atoms with Gasteiger partial charge in [-0.25, -0.2) is 9.97 Å². The fourth-order valence-electron chi connectivity index (χ4n) is 8.19. The second-order valence-electron chi connectivity index (χ2n) is 14.3. The van der Waals surface area contributed by atoms with E-state index in [0.29, 0.717) is 0 Å². The minimum atomic E-state index is 0.786. The Morgan fingerprint density at radius 2 is 1.02 bits per heavy atom. The summed E-state index contributed by atoms with van der Waals surface area (Å²) in [5, 5.41) is 5.73. The molecule has 0 aliphatic rings. The third-order valence-electron chi connectivity index (χ3n) is 10.9. The SMILES string of the molecule is c1ccc(-c2ccc(-c3cc(-n4c5ccccc5c5ccc6c7ccccc7nc(-c7ccccc7)c6c54)cc(-c4ccc(-c5ccccn5)cc4)n3)nc2)cc1. The fraction of sp³-hybridized carbons (Fsp3) is 0. The van der Waals surface area contributed by atoms with Gasteiger partial charge in [0, 0.05) is 56.2 Å². The Morgan fingerprint density at radius 3 is 1.77 bits per heavy atom. The van der Waals surface area contributed by atoms with Gasteiger partial charge in [0.25, 0.3) is 0 Å². The summed E-state index contributed by atoms with van der Waals surface area (Å²) in [5.41, 5.74) is 13.8. The van der Waals surface area contributed by atoms with Gasteiger partial charge in [-0.3, -0.25) is 9.97 Å². The summed E-state index contributed by atoms with van der Waals surface area (Å²) in [4.78, 5) is 20.3. The van der Waals surface area contributed by atoms with Crippen LogP contribution in [0, 0.1) is 0 Å². The van der Waals surface area contributed by atoms with Crippen LogP contribution in [0.3, 0.4) is 0 Å². The highest BCUT2D eigenvalue weighted by Crippen LogP contribution is 2.43. The van der Waals surface area contributed by atoms with Crippen LogP contribution in [0.25, 0.3) is 105 Å². The molecule has 0 atom stereocenters. The van der Waals surface area contributed by atoms with Crippen molar-refractivity contribution in [1.82, 2.24) is 24.5 Å². The molecule has 0 aliphatic heterocycles. The second kappa shape index (κ2) is 13.5. The quantitative estimate of drug-likeness (QED) is 0.160. The van der Waals surface area contributed by atoms with Crippen LogP contribution in [0.2, 0.25) is 0 Å². The monoisotopic (exact) mass is 727 g/mol. The molecule has 0 amide bonds. The predicted octanol–water partition coefficient (Wildman–Crippen LogP) is 13.0. The minimum Gasteiger partial charge on any atom is -0.308 e. The van der Waals surface area contributed by atoms with Gasteiger partial charge >= 0.3 is 0 Å². The highest BCUT2D eigenvalue weighted by molar-refractivity contribution is 6.25. The van der Waals surface area contributed by atoms with Crippen molar-refractivity contribution in [2.24, 2.45) is 0 Å². The Hall–Kier alpha value is -7.76. The Bertz CT molecular complexity index is 3150. The highest BCUT2D eigenvalue weighted by atomic mass is 15.0. The van der Waals surface area contributed by atoms with Crippen molar-refractivity contribution in [3.63, 3.8) is 0 Å². The molecule has 266 valence electrons. The van der Waals surface area contributed by atoms with Crippen LogP contribution in [0.4, 0.5) is 0 Å². The first kappa shape index (κ1) is 32.7. The summed E-state index contributed by atoms with van der Waals surface area (Å²) in [6.07, 6.45) is 3.77. The van der Waals surface area contributed by atoms with Gasteiger partial charge in [0.15, 0.2) is 0 Å². The molecule has 0 spiro atoms. The second-order valence-corrected chi connectivity index (χ2v) is 14.3. The van der Waals surface area contributed by atoms with Gasteiger partial charge in [-0.05, 0) is 53.4 Å². The number of benzene rings is 6. The van der Waals surface area contributed by atoms with Crippen molar-refractivity contribution in [2.45, 2.75) is 0 Å². The zero-order chi connectivity index (χ0) is 37.7. The summed E-state index contributed by atoms with van der Waals surface area (Å²) in [6, 6.07) is 65.7. The Labute approximate surface area is 329 Å². The maximum atomic E-state index is 5.38. The van der Waals surface area contributed by atoms with Crippen LogP contribution >= 0.6 is 0 Å². The highest BCUT2D eigenvalue weighted by Gasteiger charge is 2.21. The van der Waals surface area contributed by atoms with Gasteiger partial charge in [-0.15, -0.1) is 0 Å². The van der Waals surface area contributed by atoms with Crippen LogP contribution in [0.5, 0.6) is 0 Å². The minimum absolute atomic E-state index is 0.786. The third-order valence-corrected chi connectivity index (χ3v) is 10.9. The van der Waals surface area contributed by atoms with Crippen LogP contribution < -0.4 is 0 Å². The molecule has 0 aliphatic carbocycles. The number of fused-ring (bicyclic) bond motifs is 7. The van der Waals surface area contributed by atoms with E-state index in [1.54, 1.807) is 0 Å². The van der Waals surface area contributed by atoms with Crippen LogP contribution in [-0.4, -0.2) is 24.5 Å². The van der Waals surface area contributed by atoms with Crippen LogP contribution in [0.15, 0.2) is 200 Å². The molecule has 5 aromatic heterocycles. The lowest BCUT2D eigenvalue weighted by atomic mass is 9.97. The first-order valence-corrected chi connectivity index (χ1v) is 19.1. The molecule has 6 aromatic carbocycles. The summed E-state index contributed by atoms with van der Waals surface area (Å²) in [5.74, 6) is 0. The summed E-state index contributed by atoms with van der Waals surface area (Å²) < 4.78 is 2.41. The average Bonchev–Trinajstić information content (AvgIpc) is 3.64. The third kappa shape index (κ3) is 5.64. The zero-order valence-corrected chi connectivity index (χ0v) is 30.8. The number of hydrogen-bond donors (Lipinski definition) is 0. The molecule has 0 bridgehead atoms. The smallest absolute Gasteiger partial charge is 0.0914 e. The number of hydrogen-bond acceptors (Lipinski definition) is 4. The molecule has 0 saturated heterocycles. The van der Waals surface area contributed by atoms with Crippen molar-refractivity contribution in [1.29, 1.82) is 0 Å². The Balaban J connectivity index is 1.20. The van der Waals surface area contributed by atoms with E-state index in [4.69, 9.17) is 15.0 Å². The van der Waals surface area contributed by atoms with Crippen molar-refractivity contribution in [3.8, 4) is 62.0 Å². The lowest BCUT2D eigenvalue weighted by Gasteiger charge is -2.16. The lowest BCUT2D eigenvalue weighted by molar-refractivity contribution is 1.15. The molecule has 5 heteroatoms. The summed E-state index contributed by atoms with van der Waals surface area (Å²) >= 11 is 0. The molecule has 11 rings (SSSR count). The first-order valence-electron chi connectivity index (χ1n) is 19.1. The molecule has 5 nitrogen and oxygen atoms in total. The number of rotatable bonds is 6. The van der Waals surface area contributed by atoms with E-state index in [1.807, 2.05) is 36.7 Å². The molecule has 0 saturated carbocycles. The van der Waals surface area contributed by atoms with Gasteiger partial charge in [-0.1, -0.05) is 146 Å². The van der Waals surface area contributed by atoms with Crippen molar-refractivity contribution in [3.05, 3.63) is 200 Å². The van der Waals surface area contributed by atoms with Gasteiger partial charge in [0.05, 0.1) is 50.7 Å². The largest absolute Gasteiger partial charge is 0.308 e. The number of pyridine rings is 4. The molecule has 0 N–H and O–H groups in total. The maximum absolute atomic E-state index is 5.38. The number of aromatic nitrogens is 5. The van der Waals surface area contributed by atoms with Crippen molar-refractivity contribution in [2.75, 3.05) is 0 Å². The van der Waals surface area contributed by atoms with E-state index in [9.17, 15) is 0 Å². The zero-order valence-electron chi connectivity index (χ0n) is 30.8. The van der Waals surface area contributed by atoms with Gasteiger partial charge in [-0.2, -0.15) is 0 Å². The standard InChI is InChI=1S/C52H33N5/c1-3-13-34(14-4-1)38-26-29-46(54-33-38)48-32-39(31-47(55-48)36-24-22-35(23-25-36)44-19-11-12-30-53-44)57-49-21-10-8-18-41(49)43-28-27-42-40-17-7-9-20-45(40)56-51(50(42)52(43)57)37-15-5-2-6-16-37/h1-33H. The summed E-state index contributed by atoms with van der Waals surface area (Å²) in [6.45, 7) is 0. The van der Waals surface area contributed by atoms with Crippen LogP contribution in [-0.2, 0) is 0 Å².